The Kier molecular flexibility index (Phi) is 6.99. The topological polar surface area (TPSA) is 99.0 Å². The van der Waals surface area contributed by atoms with Gasteiger partial charge in [0.2, 0.25) is 6.04 Å². The zero-order valence-electron chi connectivity index (χ0n) is 18.7. The molecule has 0 aromatic heterocycles. The van der Waals surface area contributed by atoms with Gasteiger partial charge >= 0.3 is 5.97 Å². The van der Waals surface area contributed by atoms with Crippen molar-refractivity contribution in [3.8, 4) is 0 Å². The summed E-state index contributed by atoms with van der Waals surface area (Å²) in [4.78, 5) is 40.3. The van der Waals surface area contributed by atoms with E-state index in [-0.39, 0.29) is 17.4 Å². The lowest BCUT2D eigenvalue weighted by atomic mass is 9.73. The summed E-state index contributed by atoms with van der Waals surface area (Å²) in [5.74, 6) is -1.69. The molecule has 2 fully saturated rings. The molecule has 5 atom stereocenters. The Hall–Kier alpha value is -2.48. The van der Waals surface area contributed by atoms with Gasteiger partial charge in [-0.25, -0.2) is 4.79 Å². The molecule has 2 heterocycles. The van der Waals surface area contributed by atoms with Gasteiger partial charge in [-0.3, -0.25) is 14.9 Å². The number of carbonyl (C=O) groups excluding carboxylic acids is 2. The quantitative estimate of drug-likeness (QED) is 0.402. The number of esters is 1. The number of amides is 1. The second-order valence-corrected chi connectivity index (χ2v) is 9.32. The molecular formula is C23H32N2O6. The minimum atomic E-state index is -1.15. The number of nitrogens with zero attached hydrogens (tertiary/aromatic N) is 2. The van der Waals surface area contributed by atoms with E-state index in [1.165, 1.54) is 4.90 Å². The number of ether oxygens (including phenoxy) is 2. The highest BCUT2D eigenvalue weighted by atomic mass is 16.6. The number of rotatable bonds is 5. The molecule has 0 spiro atoms. The van der Waals surface area contributed by atoms with Crippen LogP contribution in [0.25, 0.3) is 0 Å². The SMILES string of the molecule is CCOC(=O)[C@H]1[C@H](C(C)(C)C)[C@@H]([N+](=O)[O-])C(c2ccccc2)N1C(=O)[C@H]1CCCCO1. The van der Waals surface area contributed by atoms with E-state index in [2.05, 4.69) is 0 Å². The van der Waals surface area contributed by atoms with Crippen molar-refractivity contribution in [2.45, 2.75) is 71.2 Å². The molecule has 31 heavy (non-hydrogen) atoms. The summed E-state index contributed by atoms with van der Waals surface area (Å²) in [7, 11) is 0. The highest BCUT2D eigenvalue weighted by Gasteiger charge is 2.64. The fourth-order valence-corrected chi connectivity index (χ4v) is 5.00. The van der Waals surface area contributed by atoms with Crippen molar-refractivity contribution in [2.24, 2.45) is 11.3 Å². The molecule has 3 rings (SSSR count). The molecule has 170 valence electrons. The van der Waals surface area contributed by atoms with Gasteiger partial charge < -0.3 is 14.4 Å². The van der Waals surface area contributed by atoms with Crippen LogP contribution in [0, 0.1) is 21.4 Å². The average Bonchev–Trinajstić information content (AvgIpc) is 3.12. The Morgan fingerprint density at radius 3 is 2.42 bits per heavy atom. The molecule has 2 aliphatic heterocycles. The lowest BCUT2D eigenvalue weighted by Crippen LogP contribution is -2.51. The van der Waals surface area contributed by atoms with Crippen LogP contribution in [-0.2, 0) is 19.1 Å². The van der Waals surface area contributed by atoms with Gasteiger partial charge in [-0.15, -0.1) is 0 Å². The largest absolute Gasteiger partial charge is 0.464 e. The molecule has 1 aromatic rings. The Morgan fingerprint density at radius 2 is 1.90 bits per heavy atom. The molecule has 0 radical (unpaired) electrons. The van der Waals surface area contributed by atoms with Crippen LogP contribution in [0.5, 0.6) is 0 Å². The van der Waals surface area contributed by atoms with Gasteiger partial charge in [0, 0.05) is 11.5 Å². The molecular weight excluding hydrogens is 400 g/mol. The lowest BCUT2D eigenvalue weighted by molar-refractivity contribution is -0.536. The lowest BCUT2D eigenvalue weighted by Gasteiger charge is -2.35. The van der Waals surface area contributed by atoms with E-state index in [0.717, 1.165) is 12.8 Å². The van der Waals surface area contributed by atoms with Crippen molar-refractivity contribution in [2.75, 3.05) is 13.2 Å². The van der Waals surface area contributed by atoms with Crippen molar-refractivity contribution in [3.63, 3.8) is 0 Å². The molecule has 8 heteroatoms. The van der Waals surface area contributed by atoms with Crippen LogP contribution >= 0.6 is 0 Å². The van der Waals surface area contributed by atoms with Gasteiger partial charge in [0.1, 0.15) is 18.2 Å². The van der Waals surface area contributed by atoms with Gasteiger partial charge in [-0.05, 0) is 37.2 Å². The first kappa shape index (κ1) is 23.2. The number of hydrogen-bond donors (Lipinski definition) is 0. The second-order valence-electron chi connectivity index (χ2n) is 9.32. The summed E-state index contributed by atoms with van der Waals surface area (Å²) in [5, 5.41) is 12.4. The molecule has 2 saturated heterocycles. The molecule has 1 unspecified atom stereocenters. The Morgan fingerprint density at radius 1 is 1.23 bits per heavy atom. The number of carbonyl (C=O) groups is 2. The van der Waals surface area contributed by atoms with Crippen molar-refractivity contribution >= 4 is 11.9 Å². The molecule has 8 nitrogen and oxygen atoms in total. The van der Waals surface area contributed by atoms with Crippen LogP contribution in [0.15, 0.2) is 30.3 Å². The monoisotopic (exact) mass is 432 g/mol. The zero-order chi connectivity index (χ0) is 22.8. The fourth-order valence-electron chi connectivity index (χ4n) is 5.00. The van der Waals surface area contributed by atoms with Gasteiger partial charge in [-0.2, -0.15) is 0 Å². The highest BCUT2D eigenvalue weighted by Crippen LogP contribution is 2.49. The minimum absolute atomic E-state index is 0.132. The normalized spacial score (nSPS) is 28.9. The third-order valence-electron chi connectivity index (χ3n) is 6.25. The molecule has 2 aliphatic rings. The van der Waals surface area contributed by atoms with Crippen LogP contribution in [0.1, 0.15) is 58.6 Å². The van der Waals surface area contributed by atoms with Crippen molar-refractivity contribution in [1.29, 1.82) is 0 Å². The molecule has 0 bridgehead atoms. The highest BCUT2D eigenvalue weighted by molar-refractivity contribution is 5.89. The standard InChI is InChI=1S/C23H32N2O6/c1-5-30-22(27)20-17(23(2,3)4)19(25(28)29)18(15-11-7-6-8-12-15)24(20)21(26)16-13-9-10-14-31-16/h6-8,11-12,16-20H,5,9-10,13-14H2,1-4H3/t16-,17-,18?,19-,20-/m1/s1. The molecule has 1 aromatic carbocycles. The maximum absolute atomic E-state index is 13.7. The van der Waals surface area contributed by atoms with E-state index in [9.17, 15) is 19.7 Å². The van der Waals surface area contributed by atoms with E-state index in [4.69, 9.17) is 9.47 Å². The average molecular weight is 433 g/mol. The second kappa shape index (κ2) is 9.34. The summed E-state index contributed by atoms with van der Waals surface area (Å²) in [6.07, 6.45) is 1.54. The van der Waals surface area contributed by atoms with Crippen molar-refractivity contribution in [3.05, 3.63) is 46.0 Å². The van der Waals surface area contributed by atoms with Crippen molar-refractivity contribution in [1.82, 2.24) is 4.90 Å². The maximum atomic E-state index is 13.7. The first-order valence-corrected chi connectivity index (χ1v) is 11.0. The zero-order valence-corrected chi connectivity index (χ0v) is 18.7. The van der Waals surface area contributed by atoms with E-state index >= 15 is 0 Å². The third-order valence-corrected chi connectivity index (χ3v) is 6.25. The van der Waals surface area contributed by atoms with Gasteiger partial charge in [0.15, 0.2) is 0 Å². The van der Waals surface area contributed by atoms with Gasteiger partial charge in [0.25, 0.3) is 5.91 Å². The molecule has 1 amide bonds. The number of benzene rings is 1. The molecule has 0 saturated carbocycles. The number of likely N-dealkylation sites (tertiary alicyclic amines) is 1. The fraction of sp³-hybridized carbons (Fsp3) is 0.652. The van der Waals surface area contributed by atoms with Gasteiger partial charge in [-0.1, -0.05) is 51.1 Å². The number of nitro groups is 1. The van der Waals surface area contributed by atoms with Crippen LogP contribution in [0.2, 0.25) is 0 Å². The Balaban J connectivity index is 2.18. The summed E-state index contributed by atoms with van der Waals surface area (Å²) >= 11 is 0. The van der Waals surface area contributed by atoms with Crippen LogP contribution in [0.3, 0.4) is 0 Å². The Labute approximate surface area is 183 Å². The first-order valence-electron chi connectivity index (χ1n) is 11.0. The van der Waals surface area contributed by atoms with Crippen LogP contribution in [0.4, 0.5) is 0 Å². The first-order chi connectivity index (χ1) is 14.7. The van der Waals surface area contributed by atoms with E-state index in [1.54, 1.807) is 31.2 Å². The van der Waals surface area contributed by atoms with Crippen molar-refractivity contribution < 1.29 is 24.0 Å². The molecule has 0 aliphatic carbocycles. The van der Waals surface area contributed by atoms with E-state index in [1.807, 2.05) is 26.8 Å². The van der Waals surface area contributed by atoms with E-state index < -0.39 is 41.5 Å². The maximum Gasteiger partial charge on any atom is 0.329 e. The van der Waals surface area contributed by atoms with Crippen LogP contribution < -0.4 is 0 Å². The van der Waals surface area contributed by atoms with Crippen LogP contribution in [-0.4, -0.2) is 53.1 Å². The molecule has 0 N–H and O–H groups in total. The summed E-state index contributed by atoms with van der Waals surface area (Å²) in [6.45, 7) is 7.89. The Bertz CT molecular complexity index is 800. The summed E-state index contributed by atoms with van der Waals surface area (Å²) < 4.78 is 11.1. The predicted molar refractivity (Wildman–Crippen MR) is 114 cm³/mol. The predicted octanol–water partition coefficient (Wildman–Crippen LogP) is 3.38. The minimum Gasteiger partial charge on any atom is -0.464 e. The summed E-state index contributed by atoms with van der Waals surface area (Å²) in [6, 6.07) is 5.86. The summed E-state index contributed by atoms with van der Waals surface area (Å²) in [5.41, 5.74) is 0.0133. The number of hydrogen-bond acceptors (Lipinski definition) is 6. The smallest absolute Gasteiger partial charge is 0.329 e. The third kappa shape index (κ3) is 4.59. The van der Waals surface area contributed by atoms with E-state index in [0.29, 0.717) is 18.6 Å². The van der Waals surface area contributed by atoms with Gasteiger partial charge in [0.05, 0.1) is 12.5 Å².